The van der Waals surface area contributed by atoms with E-state index in [0.717, 1.165) is 10.6 Å². The maximum Gasteiger partial charge on any atom is 0.286 e. The molecule has 0 aliphatic rings. The topological polar surface area (TPSA) is 84.0 Å². The summed E-state index contributed by atoms with van der Waals surface area (Å²) in [4.78, 5) is 24.4. The molecule has 1 atom stereocenters. The van der Waals surface area contributed by atoms with E-state index in [9.17, 15) is 9.59 Å². The lowest BCUT2D eigenvalue weighted by Gasteiger charge is -2.14. The van der Waals surface area contributed by atoms with Gasteiger partial charge in [0.1, 0.15) is 5.01 Å². The summed E-state index contributed by atoms with van der Waals surface area (Å²) < 4.78 is 0. The van der Waals surface area contributed by atoms with E-state index in [2.05, 4.69) is 20.8 Å². The van der Waals surface area contributed by atoms with Gasteiger partial charge in [-0.2, -0.15) is 0 Å². The lowest BCUT2D eigenvalue weighted by atomic mass is 10.1. The minimum absolute atomic E-state index is 0.0938. The minimum Gasteiger partial charge on any atom is -0.346 e. The van der Waals surface area contributed by atoms with Crippen LogP contribution >= 0.6 is 11.3 Å². The van der Waals surface area contributed by atoms with Crippen molar-refractivity contribution in [3.05, 3.63) is 75.7 Å². The third-order valence-corrected chi connectivity index (χ3v) is 4.61. The van der Waals surface area contributed by atoms with E-state index in [1.807, 2.05) is 37.3 Å². The Hall–Kier alpha value is -3.06. The summed E-state index contributed by atoms with van der Waals surface area (Å²) in [6.07, 6.45) is 0. The summed E-state index contributed by atoms with van der Waals surface area (Å²) in [6, 6.07) is 16.4. The standard InChI is InChI=1S/C19H18N4O2S/c1-12(14-6-4-3-5-7-14)20-17(24)15-8-10-16(11-9-15)21-18(25)19-23-22-13(2)26-19/h3-12H,1-2H3,(H,20,24)(H,21,25)/t12-/m1/s1. The summed E-state index contributed by atoms with van der Waals surface area (Å²) in [5, 5.41) is 14.4. The molecule has 0 fully saturated rings. The fraction of sp³-hybridized carbons (Fsp3) is 0.158. The first kappa shape index (κ1) is 17.8. The lowest BCUT2D eigenvalue weighted by Crippen LogP contribution is -2.26. The van der Waals surface area contributed by atoms with Gasteiger partial charge >= 0.3 is 0 Å². The number of benzene rings is 2. The highest BCUT2D eigenvalue weighted by Gasteiger charge is 2.13. The third kappa shape index (κ3) is 4.31. The van der Waals surface area contributed by atoms with Crippen molar-refractivity contribution in [3.8, 4) is 0 Å². The van der Waals surface area contributed by atoms with Gasteiger partial charge in [-0.25, -0.2) is 0 Å². The van der Waals surface area contributed by atoms with E-state index in [1.165, 1.54) is 11.3 Å². The summed E-state index contributed by atoms with van der Waals surface area (Å²) in [5.41, 5.74) is 2.16. The van der Waals surface area contributed by atoms with Crippen LogP contribution in [0.4, 0.5) is 5.69 Å². The Morgan fingerprint density at radius 2 is 1.65 bits per heavy atom. The summed E-state index contributed by atoms with van der Waals surface area (Å²) in [7, 11) is 0. The van der Waals surface area contributed by atoms with Gasteiger partial charge in [-0.3, -0.25) is 9.59 Å². The maximum absolute atomic E-state index is 12.4. The van der Waals surface area contributed by atoms with Crippen LogP contribution in [0.2, 0.25) is 0 Å². The van der Waals surface area contributed by atoms with Crippen LogP contribution in [-0.4, -0.2) is 22.0 Å². The zero-order chi connectivity index (χ0) is 18.5. The van der Waals surface area contributed by atoms with Crippen molar-refractivity contribution >= 4 is 28.8 Å². The van der Waals surface area contributed by atoms with Gasteiger partial charge < -0.3 is 10.6 Å². The number of aryl methyl sites for hydroxylation is 1. The molecule has 3 rings (SSSR count). The van der Waals surface area contributed by atoms with Crippen LogP contribution in [0.1, 0.15) is 43.7 Å². The van der Waals surface area contributed by atoms with E-state index >= 15 is 0 Å². The Morgan fingerprint density at radius 1 is 0.962 bits per heavy atom. The van der Waals surface area contributed by atoms with Crippen LogP contribution in [0.5, 0.6) is 0 Å². The fourth-order valence-corrected chi connectivity index (χ4v) is 2.97. The number of carbonyl (C=O) groups is 2. The van der Waals surface area contributed by atoms with E-state index in [1.54, 1.807) is 31.2 Å². The van der Waals surface area contributed by atoms with Crippen molar-refractivity contribution in [1.82, 2.24) is 15.5 Å². The highest BCUT2D eigenvalue weighted by molar-refractivity contribution is 7.13. The van der Waals surface area contributed by atoms with Gasteiger partial charge in [-0.15, -0.1) is 10.2 Å². The number of rotatable bonds is 5. The first-order chi connectivity index (χ1) is 12.5. The van der Waals surface area contributed by atoms with Crippen LogP contribution in [0.3, 0.4) is 0 Å². The second-order valence-corrected chi connectivity index (χ2v) is 6.95. The smallest absolute Gasteiger partial charge is 0.286 e. The lowest BCUT2D eigenvalue weighted by molar-refractivity contribution is 0.0939. The number of anilines is 1. The molecule has 2 amide bonds. The molecule has 0 aliphatic carbocycles. The van der Waals surface area contributed by atoms with Crippen molar-refractivity contribution in [2.24, 2.45) is 0 Å². The number of aromatic nitrogens is 2. The van der Waals surface area contributed by atoms with Crippen molar-refractivity contribution in [3.63, 3.8) is 0 Å². The molecule has 0 saturated carbocycles. The summed E-state index contributed by atoms with van der Waals surface area (Å²) in [6.45, 7) is 3.73. The highest BCUT2D eigenvalue weighted by Crippen LogP contribution is 2.15. The SMILES string of the molecule is Cc1nnc(C(=O)Nc2ccc(C(=O)N[C@H](C)c3ccccc3)cc2)s1. The number of hydrogen-bond donors (Lipinski definition) is 2. The highest BCUT2D eigenvalue weighted by atomic mass is 32.1. The number of hydrogen-bond acceptors (Lipinski definition) is 5. The molecule has 7 heteroatoms. The van der Waals surface area contributed by atoms with Gasteiger partial charge in [0.25, 0.3) is 11.8 Å². The molecule has 0 radical (unpaired) electrons. The van der Waals surface area contributed by atoms with Crippen LogP contribution in [0.25, 0.3) is 0 Å². The summed E-state index contributed by atoms with van der Waals surface area (Å²) >= 11 is 1.23. The average Bonchev–Trinajstić information content (AvgIpc) is 3.09. The van der Waals surface area contributed by atoms with E-state index in [0.29, 0.717) is 16.3 Å². The number of nitrogens with one attached hydrogen (secondary N) is 2. The predicted octanol–water partition coefficient (Wildman–Crippen LogP) is 3.59. The van der Waals surface area contributed by atoms with E-state index < -0.39 is 0 Å². The molecular weight excluding hydrogens is 348 g/mol. The molecule has 3 aromatic rings. The molecule has 0 unspecified atom stereocenters. The maximum atomic E-state index is 12.4. The second kappa shape index (κ2) is 7.88. The summed E-state index contributed by atoms with van der Waals surface area (Å²) in [5.74, 6) is -0.482. The molecule has 132 valence electrons. The van der Waals surface area contributed by atoms with E-state index in [-0.39, 0.29) is 17.9 Å². The van der Waals surface area contributed by atoms with Crippen molar-refractivity contribution < 1.29 is 9.59 Å². The second-order valence-electron chi connectivity index (χ2n) is 5.76. The average molecular weight is 366 g/mol. The Kier molecular flexibility index (Phi) is 5.38. The van der Waals surface area contributed by atoms with Crippen LogP contribution in [0.15, 0.2) is 54.6 Å². The normalized spacial score (nSPS) is 11.6. The Balaban J connectivity index is 1.61. The Bertz CT molecular complexity index is 907. The van der Waals surface area contributed by atoms with Crippen LogP contribution in [0, 0.1) is 6.92 Å². The molecule has 1 heterocycles. The molecule has 6 nitrogen and oxygen atoms in total. The molecule has 0 bridgehead atoms. The molecule has 26 heavy (non-hydrogen) atoms. The van der Waals surface area contributed by atoms with E-state index in [4.69, 9.17) is 0 Å². The largest absolute Gasteiger partial charge is 0.346 e. The minimum atomic E-state index is -0.314. The predicted molar refractivity (Wildman–Crippen MR) is 101 cm³/mol. The van der Waals surface area contributed by atoms with Gasteiger partial charge in [0.05, 0.1) is 6.04 Å². The van der Waals surface area contributed by atoms with Gasteiger partial charge in [0.2, 0.25) is 5.01 Å². The molecule has 0 saturated heterocycles. The molecule has 2 N–H and O–H groups in total. The van der Waals surface area contributed by atoms with Gasteiger partial charge in [-0.1, -0.05) is 41.7 Å². The molecule has 0 spiro atoms. The quantitative estimate of drug-likeness (QED) is 0.723. The number of carbonyl (C=O) groups excluding carboxylic acids is 2. The Labute approximate surface area is 155 Å². The monoisotopic (exact) mass is 366 g/mol. The van der Waals surface area contributed by atoms with Crippen molar-refractivity contribution in [2.75, 3.05) is 5.32 Å². The first-order valence-electron chi connectivity index (χ1n) is 8.10. The van der Waals surface area contributed by atoms with Crippen molar-refractivity contribution in [1.29, 1.82) is 0 Å². The zero-order valence-corrected chi connectivity index (χ0v) is 15.2. The fourth-order valence-electron chi connectivity index (χ4n) is 2.38. The Morgan fingerprint density at radius 3 is 2.27 bits per heavy atom. The van der Waals surface area contributed by atoms with Gasteiger partial charge in [0.15, 0.2) is 0 Å². The number of amides is 2. The third-order valence-electron chi connectivity index (χ3n) is 3.77. The zero-order valence-electron chi connectivity index (χ0n) is 14.4. The van der Waals surface area contributed by atoms with Gasteiger partial charge in [-0.05, 0) is 43.7 Å². The van der Waals surface area contributed by atoms with Crippen molar-refractivity contribution in [2.45, 2.75) is 19.9 Å². The molecule has 0 aliphatic heterocycles. The molecule has 1 aromatic heterocycles. The van der Waals surface area contributed by atoms with Gasteiger partial charge in [0, 0.05) is 11.3 Å². The number of nitrogens with zero attached hydrogens (tertiary/aromatic N) is 2. The van der Waals surface area contributed by atoms with Crippen LogP contribution < -0.4 is 10.6 Å². The molecular formula is C19H18N4O2S. The molecule has 2 aromatic carbocycles. The first-order valence-corrected chi connectivity index (χ1v) is 8.92. The van der Waals surface area contributed by atoms with Crippen LogP contribution in [-0.2, 0) is 0 Å².